The van der Waals surface area contributed by atoms with Gasteiger partial charge < -0.3 is 4.74 Å². The average Bonchev–Trinajstić information content (AvgIpc) is 2.75. The molecule has 90 valence electrons. The quantitative estimate of drug-likeness (QED) is 0.706. The lowest BCUT2D eigenvalue weighted by Crippen LogP contribution is -1.95. The van der Waals surface area contributed by atoms with Crippen LogP contribution in [-0.2, 0) is 0 Å². The second-order valence-electron chi connectivity index (χ2n) is 3.70. The van der Waals surface area contributed by atoms with Gasteiger partial charge in [-0.05, 0) is 37.3 Å². The summed E-state index contributed by atoms with van der Waals surface area (Å²) in [5, 5.41) is -0.166. The molecule has 0 aliphatic carbocycles. The molecule has 2 aromatic rings. The van der Waals surface area contributed by atoms with Crippen molar-refractivity contribution in [2.75, 3.05) is 7.11 Å². The van der Waals surface area contributed by atoms with Crippen molar-refractivity contribution >= 4 is 38.9 Å². The van der Waals surface area contributed by atoms with Crippen molar-refractivity contribution in [1.29, 1.82) is 0 Å². The number of halogens is 2. The molecule has 0 saturated heterocycles. The second kappa shape index (κ2) is 5.42. The van der Waals surface area contributed by atoms with Crippen LogP contribution in [0.1, 0.15) is 20.7 Å². The maximum Gasteiger partial charge on any atom is 0.124 e. The number of thiophene rings is 1. The Labute approximate surface area is 119 Å². The van der Waals surface area contributed by atoms with Crippen molar-refractivity contribution in [3.63, 3.8) is 0 Å². The maximum absolute atomic E-state index is 6.51. The van der Waals surface area contributed by atoms with Crippen molar-refractivity contribution in [2.24, 2.45) is 0 Å². The van der Waals surface area contributed by atoms with Crippen LogP contribution in [0.3, 0.4) is 0 Å². The first-order valence-electron chi connectivity index (χ1n) is 5.15. The van der Waals surface area contributed by atoms with E-state index in [1.165, 1.54) is 4.88 Å². The predicted octanol–water partition coefficient (Wildman–Crippen LogP) is 5.16. The summed E-state index contributed by atoms with van der Waals surface area (Å²) >= 11 is 11.7. The van der Waals surface area contributed by atoms with Gasteiger partial charge in [0.05, 0.1) is 12.5 Å². The molecule has 2 rings (SSSR count). The van der Waals surface area contributed by atoms with Crippen LogP contribution >= 0.6 is 38.9 Å². The van der Waals surface area contributed by atoms with Gasteiger partial charge in [-0.3, -0.25) is 0 Å². The van der Waals surface area contributed by atoms with Gasteiger partial charge in [-0.1, -0.05) is 15.9 Å². The minimum Gasteiger partial charge on any atom is -0.496 e. The van der Waals surface area contributed by atoms with Gasteiger partial charge in [0.25, 0.3) is 0 Å². The number of alkyl halides is 1. The van der Waals surface area contributed by atoms with Crippen LogP contribution in [-0.4, -0.2) is 7.11 Å². The lowest BCUT2D eigenvalue weighted by molar-refractivity contribution is 0.410. The highest BCUT2D eigenvalue weighted by atomic mass is 79.9. The number of ether oxygens (including phenoxy) is 1. The lowest BCUT2D eigenvalue weighted by atomic mass is 10.1. The van der Waals surface area contributed by atoms with Crippen LogP contribution in [0.25, 0.3) is 0 Å². The molecule has 1 unspecified atom stereocenters. The van der Waals surface area contributed by atoms with E-state index in [-0.39, 0.29) is 5.38 Å². The highest BCUT2D eigenvalue weighted by molar-refractivity contribution is 9.10. The first-order valence-corrected chi connectivity index (χ1v) is 7.20. The highest BCUT2D eigenvalue weighted by Gasteiger charge is 2.17. The van der Waals surface area contributed by atoms with Crippen molar-refractivity contribution in [1.82, 2.24) is 0 Å². The first-order chi connectivity index (χ1) is 8.11. The molecule has 0 saturated carbocycles. The van der Waals surface area contributed by atoms with E-state index in [1.807, 2.05) is 18.2 Å². The van der Waals surface area contributed by atoms with Gasteiger partial charge >= 0.3 is 0 Å². The molecule has 1 heterocycles. The number of benzene rings is 1. The summed E-state index contributed by atoms with van der Waals surface area (Å²) in [6.07, 6.45) is 0. The first kappa shape index (κ1) is 12.9. The van der Waals surface area contributed by atoms with Gasteiger partial charge in [-0.2, -0.15) is 0 Å². The molecular weight excluding hydrogens is 320 g/mol. The molecule has 1 atom stereocenters. The lowest BCUT2D eigenvalue weighted by Gasteiger charge is -2.13. The third-order valence-corrected chi connectivity index (χ3v) is 4.63. The second-order valence-corrected chi connectivity index (χ2v) is 6.37. The van der Waals surface area contributed by atoms with E-state index in [1.54, 1.807) is 18.4 Å². The van der Waals surface area contributed by atoms with E-state index in [0.29, 0.717) is 0 Å². The summed E-state index contributed by atoms with van der Waals surface area (Å²) in [6, 6.07) is 10.0. The molecule has 0 radical (unpaired) electrons. The van der Waals surface area contributed by atoms with E-state index >= 15 is 0 Å². The van der Waals surface area contributed by atoms with Crippen LogP contribution < -0.4 is 4.74 Å². The maximum atomic E-state index is 6.51. The van der Waals surface area contributed by atoms with Crippen molar-refractivity contribution in [2.45, 2.75) is 12.3 Å². The van der Waals surface area contributed by atoms with Crippen LogP contribution in [0.5, 0.6) is 5.75 Å². The molecule has 0 fully saturated rings. The Morgan fingerprint density at radius 3 is 2.65 bits per heavy atom. The van der Waals surface area contributed by atoms with E-state index in [2.05, 4.69) is 35.0 Å². The number of rotatable bonds is 3. The Hall–Kier alpha value is -0.510. The predicted molar refractivity (Wildman–Crippen MR) is 77.4 cm³/mol. The summed E-state index contributed by atoms with van der Waals surface area (Å²) in [5.74, 6) is 0.819. The monoisotopic (exact) mass is 330 g/mol. The Morgan fingerprint density at radius 2 is 2.06 bits per heavy atom. The van der Waals surface area contributed by atoms with Gasteiger partial charge in [0.2, 0.25) is 0 Å². The fourth-order valence-electron chi connectivity index (χ4n) is 1.65. The molecule has 17 heavy (non-hydrogen) atoms. The van der Waals surface area contributed by atoms with Crippen LogP contribution in [0, 0.1) is 6.92 Å². The number of hydrogen-bond acceptors (Lipinski definition) is 2. The van der Waals surface area contributed by atoms with Crippen LogP contribution in [0.15, 0.2) is 34.8 Å². The SMILES string of the molecule is COc1ccc(Br)cc1C(Cl)c1ccc(C)s1. The smallest absolute Gasteiger partial charge is 0.124 e. The highest BCUT2D eigenvalue weighted by Crippen LogP contribution is 2.39. The van der Waals surface area contributed by atoms with Gasteiger partial charge in [-0.25, -0.2) is 0 Å². The molecule has 0 spiro atoms. The zero-order valence-corrected chi connectivity index (χ0v) is 12.7. The summed E-state index contributed by atoms with van der Waals surface area (Å²) in [5.41, 5.74) is 0.991. The van der Waals surface area contributed by atoms with Crippen molar-refractivity contribution in [3.8, 4) is 5.75 Å². The van der Waals surface area contributed by atoms with E-state index in [9.17, 15) is 0 Å². The number of aryl methyl sites for hydroxylation is 1. The van der Waals surface area contributed by atoms with Crippen LogP contribution in [0.2, 0.25) is 0 Å². The topological polar surface area (TPSA) is 9.23 Å². The zero-order valence-electron chi connectivity index (χ0n) is 9.54. The van der Waals surface area contributed by atoms with Gasteiger partial charge in [0.1, 0.15) is 5.75 Å². The molecule has 0 bridgehead atoms. The fraction of sp³-hybridized carbons (Fsp3) is 0.231. The fourth-order valence-corrected chi connectivity index (χ4v) is 3.28. The number of hydrogen-bond donors (Lipinski definition) is 0. The third kappa shape index (κ3) is 2.84. The molecule has 1 nitrogen and oxygen atoms in total. The van der Waals surface area contributed by atoms with Gasteiger partial charge in [-0.15, -0.1) is 22.9 Å². The van der Waals surface area contributed by atoms with Gasteiger partial charge in [0.15, 0.2) is 0 Å². The minimum absolute atomic E-state index is 0.166. The molecular formula is C13H12BrClOS. The minimum atomic E-state index is -0.166. The van der Waals surface area contributed by atoms with Crippen LogP contribution in [0.4, 0.5) is 0 Å². The van der Waals surface area contributed by atoms with E-state index in [0.717, 1.165) is 20.7 Å². The summed E-state index contributed by atoms with van der Waals surface area (Å²) in [4.78, 5) is 2.40. The largest absolute Gasteiger partial charge is 0.496 e. The van der Waals surface area contributed by atoms with E-state index < -0.39 is 0 Å². The van der Waals surface area contributed by atoms with Crippen molar-refractivity contribution < 1.29 is 4.74 Å². The zero-order chi connectivity index (χ0) is 12.4. The average molecular weight is 332 g/mol. The normalized spacial score (nSPS) is 12.5. The molecule has 0 N–H and O–H groups in total. The summed E-state index contributed by atoms with van der Waals surface area (Å²) in [7, 11) is 1.66. The Bertz CT molecular complexity index is 524. The molecule has 4 heteroatoms. The molecule has 0 aliphatic heterocycles. The Balaban J connectivity index is 2.42. The summed E-state index contributed by atoms with van der Waals surface area (Å²) < 4.78 is 6.36. The molecule has 1 aromatic heterocycles. The standard InChI is InChI=1S/C13H12BrClOS/c1-8-3-6-12(17-8)13(15)10-7-9(14)4-5-11(10)16-2/h3-7,13H,1-2H3. The summed E-state index contributed by atoms with van der Waals surface area (Å²) in [6.45, 7) is 2.08. The van der Waals surface area contributed by atoms with Crippen molar-refractivity contribution in [3.05, 3.63) is 50.1 Å². The molecule has 1 aromatic carbocycles. The van der Waals surface area contributed by atoms with E-state index in [4.69, 9.17) is 16.3 Å². The van der Waals surface area contributed by atoms with Gasteiger partial charge in [0, 0.05) is 19.8 Å². The molecule has 0 aliphatic rings. The Kier molecular flexibility index (Phi) is 4.13. The Morgan fingerprint density at radius 1 is 1.29 bits per heavy atom. The molecule has 0 amide bonds. The number of methoxy groups -OCH3 is 1. The third-order valence-electron chi connectivity index (χ3n) is 2.48.